The predicted octanol–water partition coefficient (Wildman–Crippen LogP) is 1.68. The number of aromatic nitrogens is 3. The summed E-state index contributed by atoms with van der Waals surface area (Å²) in [6.45, 7) is 0. The molecule has 9 heteroatoms. The first kappa shape index (κ1) is 12.8. The molecule has 0 aliphatic heterocycles. The van der Waals surface area contributed by atoms with Gasteiger partial charge in [0.15, 0.2) is 11.4 Å². The molecule has 0 N–H and O–H groups in total. The van der Waals surface area contributed by atoms with E-state index in [0.29, 0.717) is 11.2 Å². The van der Waals surface area contributed by atoms with Crippen molar-refractivity contribution in [3.8, 4) is 11.6 Å². The Hall–Kier alpha value is -3.23. The summed E-state index contributed by atoms with van der Waals surface area (Å²) in [6.07, 6.45) is 1.48. The van der Waals surface area contributed by atoms with Crippen molar-refractivity contribution in [3.63, 3.8) is 0 Å². The third kappa shape index (κ3) is 2.10. The van der Waals surface area contributed by atoms with Crippen molar-refractivity contribution in [2.75, 3.05) is 7.11 Å². The zero-order valence-corrected chi connectivity index (χ0v) is 10.7. The number of carbonyl (C=O) groups excluding carboxylic acids is 1. The molecule has 0 radical (unpaired) electrons. The van der Waals surface area contributed by atoms with E-state index in [1.807, 2.05) is 0 Å². The summed E-state index contributed by atoms with van der Waals surface area (Å²) in [4.78, 5) is 21.5. The fraction of sp³-hybridized carbons (Fsp3) is 0.0833. The summed E-state index contributed by atoms with van der Waals surface area (Å²) in [5, 5.41) is 18.5. The summed E-state index contributed by atoms with van der Waals surface area (Å²) in [6, 6.07) is 5.77. The Morgan fingerprint density at radius 2 is 2.14 bits per heavy atom. The highest BCUT2D eigenvalue weighted by Crippen LogP contribution is 2.25. The van der Waals surface area contributed by atoms with Gasteiger partial charge in [-0.2, -0.15) is 0 Å². The molecule has 3 heterocycles. The quantitative estimate of drug-likeness (QED) is 0.409. The first-order valence-electron chi connectivity index (χ1n) is 5.78. The minimum absolute atomic E-state index is 0.177. The van der Waals surface area contributed by atoms with E-state index >= 15 is 0 Å². The van der Waals surface area contributed by atoms with E-state index in [2.05, 4.69) is 14.9 Å². The number of esters is 1. The Bertz CT molecular complexity index is 850. The molecule has 0 aromatic carbocycles. The van der Waals surface area contributed by atoms with Crippen LogP contribution in [0.2, 0.25) is 0 Å². The first-order valence-corrected chi connectivity index (χ1v) is 5.78. The molecule has 0 bridgehead atoms. The van der Waals surface area contributed by atoms with Crippen LogP contribution >= 0.6 is 0 Å². The second-order valence-electron chi connectivity index (χ2n) is 4.06. The Morgan fingerprint density at radius 1 is 1.33 bits per heavy atom. The number of furan rings is 1. The third-order valence-electron chi connectivity index (χ3n) is 2.82. The molecular formula is C12H8N4O5. The Kier molecular flexibility index (Phi) is 2.87. The summed E-state index contributed by atoms with van der Waals surface area (Å²) in [7, 11) is 1.27. The molecule has 106 valence electrons. The van der Waals surface area contributed by atoms with E-state index < -0.39 is 16.8 Å². The van der Waals surface area contributed by atoms with Crippen LogP contribution in [0, 0.1) is 10.1 Å². The summed E-state index contributed by atoms with van der Waals surface area (Å²) < 4.78 is 11.2. The predicted molar refractivity (Wildman–Crippen MR) is 68.7 cm³/mol. The largest absolute Gasteiger partial charge is 0.465 e. The fourth-order valence-electron chi connectivity index (χ4n) is 1.84. The second kappa shape index (κ2) is 4.71. The zero-order chi connectivity index (χ0) is 15.0. The highest BCUT2D eigenvalue weighted by molar-refractivity contribution is 5.89. The van der Waals surface area contributed by atoms with E-state index in [1.54, 1.807) is 12.1 Å². The first-order chi connectivity index (χ1) is 10.1. The molecule has 0 aliphatic carbocycles. The normalized spacial score (nSPS) is 10.7. The maximum absolute atomic E-state index is 11.5. The lowest BCUT2D eigenvalue weighted by molar-refractivity contribution is -0.401. The van der Waals surface area contributed by atoms with Crippen molar-refractivity contribution < 1.29 is 18.9 Å². The number of methoxy groups -OCH3 is 1. The molecule has 3 aromatic rings. The van der Waals surface area contributed by atoms with Crippen molar-refractivity contribution in [2.24, 2.45) is 0 Å². The standard InChI is InChI=1S/C12H8N4O5/c1-20-12(17)7-2-4-9-13-14-11(15(9)6-7)8-3-5-10(21-8)16(18)19/h2-6H,1H3. The Balaban J connectivity index is 2.13. The molecular weight excluding hydrogens is 280 g/mol. The lowest BCUT2D eigenvalue weighted by atomic mass is 10.3. The number of hydrogen-bond acceptors (Lipinski definition) is 7. The van der Waals surface area contributed by atoms with Crippen molar-refractivity contribution in [1.29, 1.82) is 0 Å². The Labute approximate surface area is 116 Å². The molecule has 0 fully saturated rings. The van der Waals surface area contributed by atoms with E-state index in [0.717, 1.165) is 0 Å². The van der Waals surface area contributed by atoms with Gasteiger partial charge in [-0.25, -0.2) is 4.79 Å². The number of pyridine rings is 1. The van der Waals surface area contributed by atoms with Crippen LogP contribution < -0.4 is 0 Å². The molecule has 0 aliphatic rings. The fourth-order valence-corrected chi connectivity index (χ4v) is 1.84. The molecule has 0 saturated carbocycles. The monoisotopic (exact) mass is 288 g/mol. The van der Waals surface area contributed by atoms with Crippen LogP contribution in [0.1, 0.15) is 10.4 Å². The van der Waals surface area contributed by atoms with Gasteiger partial charge in [0.1, 0.15) is 4.92 Å². The SMILES string of the molecule is COC(=O)c1ccc2nnc(-c3ccc([N+](=O)[O-])o3)n2c1. The maximum atomic E-state index is 11.5. The average molecular weight is 288 g/mol. The molecule has 0 amide bonds. The molecule has 3 rings (SSSR count). The van der Waals surface area contributed by atoms with E-state index in [9.17, 15) is 14.9 Å². The number of hydrogen-bond donors (Lipinski definition) is 0. The number of nitrogens with zero attached hydrogens (tertiary/aromatic N) is 4. The minimum Gasteiger partial charge on any atom is -0.465 e. The molecule has 3 aromatic heterocycles. The lowest BCUT2D eigenvalue weighted by Crippen LogP contribution is -2.03. The van der Waals surface area contributed by atoms with Crippen LogP contribution in [0.3, 0.4) is 0 Å². The van der Waals surface area contributed by atoms with E-state index in [1.165, 1.54) is 29.8 Å². The van der Waals surface area contributed by atoms with Gasteiger partial charge in [-0.3, -0.25) is 14.5 Å². The van der Waals surface area contributed by atoms with Gasteiger partial charge in [0.05, 0.1) is 18.7 Å². The Morgan fingerprint density at radius 3 is 2.81 bits per heavy atom. The van der Waals surface area contributed by atoms with Crippen molar-refractivity contribution in [1.82, 2.24) is 14.6 Å². The van der Waals surface area contributed by atoms with Crippen LogP contribution in [0.25, 0.3) is 17.2 Å². The van der Waals surface area contributed by atoms with E-state index in [4.69, 9.17) is 4.42 Å². The smallest absolute Gasteiger partial charge is 0.433 e. The molecule has 0 spiro atoms. The van der Waals surface area contributed by atoms with Gasteiger partial charge in [-0.15, -0.1) is 10.2 Å². The van der Waals surface area contributed by atoms with Gasteiger partial charge in [-0.1, -0.05) is 0 Å². The lowest BCUT2D eigenvalue weighted by Gasteiger charge is -2.01. The highest BCUT2D eigenvalue weighted by atomic mass is 16.6. The minimum atomic E-state index is -0.646. The average Bonchev–Trinajstić information content (AvgIpc) is 3.11. The molecule has 21 heavy (non-hydrogen) atoms. The van der Waals surface area contributed by atoms with Crippen molar-refractivity contribution in [2.45, 2.75) is 0 Å². The van der Waals surface area contributed by atoms with Crippen molar-refractivity contribution in [3.05, 3.63) is 46.1 Å². The number of fused-ring (bicyclic) bond motifs is 1. The molecule has 0 unspecified atom stereocenters. The zero-order valence-electron chi connectivity index (χ0n) is 10.7. The summed E-state index contributed by atoms with van der Waals surface area (Å²) in [5.41, 5.74) is 0.767. The molecule has 0 saturated heterocycles. The van der Waals surface area contributed by atoms with Gasteiger partial charge >= 0.3 is 11.9 Å². The van der Waals surface area contributed by atoms with Gasteiger partial charge in [0.2, 0.25) is 5.82 Å². The highest BCUT2D eigenvalue weighted by Gasteiger charge is 2.18. The molecule has 0 atom stereocenters. The van der Waals surface area contributed by atoms with Crippen LogP contribution in [-0.2, 0) is 4.74 Å². The van der Waals surface area contributed by atoms with Gasteiger partial charge in [-0.05, 0) is 18.2 Å². The third-order valence-corrected chi connectivity index (χ3v) is 2.82. The van der Waals surface area contributed by atoms with E-state index in [-0.39, 0.29) is 11.6 Å². The van der Waals surface area contributed by atoms with Gasteiger partial charge in [0, 0.05) is 6.20 Å². The van der Waals surface area contributed by atoms with Crippen LogP contribution in [0.15, 0.2) is 34.9 Å². The van der Waals surface area contributed by atoms with Gasteiger partial charge in [0.25, 0.3) is 0 Å². The van der Waals surface area contributed by atoms with Gasteiger partial charge < -0.3 is 9.15 Å². The summed E-state index contributed by atoms with van der Waals surface area (Å²) >= 11 is 0. The number of rotatable bonds is 3. The number of nitro groups is 1. The second-order valence-corrected chi connectivity index (χ2v) is 4.06. The number of carbonyl (C=O) groups is 1. The maximum Gasteiger partial charge on any atom is 0.433 e. The summed E-state index contributed by atoms with van der Waals surface area (Å²) in [5.74, 6) is -0.479. The van der Waals surface area contributed by atoms with Crippen LogP contribution in [-0.4, -0.2) is 32.6 Å². The topological polar surface area (TPSA) is 113 Å². The molecule has 9 nitrogen and oxygen atoms in total. The van der Waals surface area contributed by atoms with Crippen LogP contribution in [0.5, 0.6) is 0 Å². The van der Waals surface area contributed by atoms with Crippen LogP contribution in [0.4, 0.5) is 5.88 Å². The van der Waals surface area contributed by atoms with Crippen molar-refractivity contribution >= 4 is 17.5 Å². The number of ether oxygens (including phenoxy) is 1.